The third-order valence-electron chi connectivity index (χ3n) is 0.512. The molecular formula is C3H3CsF4O. The van der Waals surface area contributed by atoms with Crippen molar-refractivity contribution in [1.29, 1.82) is 0 Å². The first-order chi connectivity index (χ1) is 3.50. The summed E-state index contributed by atoms with van der Waals surface area (Å²) < 4.78 is 44.2. The van der Waals surface area contributed by atoms with Crippen LogP contribution in [0.1, 0.15) is 0 Å². The SMILES string of the molecule is [Cs+].[O-]CC(F)(F)C(F)F. The topological polar surface area (TPSA) is 23.1 Å². The molecule has 0 aromatic carbocycles. The molecule has 6 heteroatoms. The molecule has 0 aliphatic carbocycles. The molecule has 0 heterocycles. The molecule has 0 spiro atoms. The van der Waals surface area contributed by atoms with Gasteiger partial charge in [0, 0.05) is 0 Å². The van der Waals surface area contributed by atoms with Crippen molar-refractivity contribution >= 4 is 0 Å². The Morgan fingerprint density at radius 1 is 1.33 bits per heavy atom. The van der Waals surface area contributed by atoms with Crippen molar-refractivity contribution in [2.75, 3.05) is 6.61 Å². The van der Waals surface area contributed by atoms with Crippen molar-refractivity contribution in [2.24, 2.45) is 0 Å². The molecule has 0 aliphatic rings. The Labute approximate surface area is 108 Å². The zero-order valence-corrected chi connectivity index (χ0v) is 11.0. The normalized spacial score (nSPS) is 11.3. The Kier molecular flexibility index (Phi) is 7.99. The Balaban J connectivity index is 0. The van der Waals surface area contributed by atoms with Gasteiger partial charge in [0.1, 0.15) is 0 Å². The van der Waals surface area contributed by atoms with Gasteiger partial charge in [-0.1, -0.05) is 6.61 Å². The average Bonchev–Trinajstić information content (AvgIpc) is 1.67. The van der Waals surface area contributed by atoms with E-state index in [2.05, 4.69) is 0 Å². The summed E-state index contributed by atoms with van der Waals surface area (Å²) in [5.74, 6) is -4.35. The second-order valence-corrected chi connectivity index (χ2v) is 1.21. The molecule has 50 valence electrons. The van der Waals surface area contributed by atoms with Crippen LogP contribution in [-0.2, 0) is 0 Å². The van der Waals surface area contributed by atoms with E-state index in [4.69, 9.17) is 5.11 Å². The first kappa shape index (κ1) is 13.3. The third kappa shape index (κ3) is 5.05. The number of hydrogen-bond donors (Lipinski definition) is 0. The minimum Gasteiger partial charge on any atom is -0.850 e. The molecule has 0 fully saturated rings. The third-order valence-corrected chi connectivity index (χ3v) is 0.512. The van der Waals surface area contributed by atoms with Crippen molar-refractivity contribution in [3.63, 3.8) is 0 Å². The zero-order chi connectivity index (χ0) is 6.78. The number of hydrogen-bond acceptors (Lipinski definition) is 1. The summed E-state index contributed by atoms with van der Waals surface area (Å²) >= 11 is 0. The molecule has 0 aromatic rings. The maximum absolute atomic E-state index is 11.2. The largest absolute Gasteiger partial charge is 1.00 e. The zero-order valence-electron chi connectivity index (χ0n) is 4.70. The minimum atomic E-state index is -4.35. The van der Waals surface area contributed by atoms with E-state index >= 15 is 0 Å². The van der Waals surface area contributed by atoms with Crippen LogP contribution in [0.3, 0.4) is 0 Å². The number of rotatable bonds is 2. The summed E-state index contributed by atoms with van der Waals surface area (Å²) in [5, 5.41) is 9.16. The molecule has 0 radical (unpaired) electrons. The van der Waals surface area contributed by atoms with Gasteiger partial charge in [-0.05, 0) is 0 Å². The Bertz CT molecular complexity index is 76.2. The summed E-state index contributed by atoms with van der Waals surface area (Å²) in [6.45, 7) is -2.05. The van der Waals surface area contributed by atoms with E-state index in [0.29, 0.717) is 0 Å². The minimum absolute atomic E-state index is 0. The summed E-state index contributed by atoms with van der Waals surface area (Å²) in [5.41, 5.74) is 0. The molecule has 0 aromatic heterocycles. The van der Waals surface area contributed by atoms with Crippen molar-refractivity contribution in [2.45, 2.75) is 12.3 Å². The van der Waals surface area contributed by atoms with Gasteiger partial charge in [0.05, 0.1) is 0 Å². The molecule has 0 atom stereocenters. The van der Waals surface area contributed by atoms with Crippen LogP contribution in [0.15, 0.2) is 0 Å². The molecule has 0 rings (SSSR count). The van der Waals surface area contributed by atoms with E-state index in [1.165, 1.54) is 0 Å². The predicted octanol–water partition coefficient (Wildman–Crippen LogP) is -2.75. The molecule has 0 unspecified atom stereocenters. The van der Waals surface area contributed by atoms with Gasteiger partial charge in [-0.25, -0.2) is 17.6 Å². The van der Waals surface area contributed by atoms with Crippen molar-refractivity contribution in [3.8, 4) is 0 Å². The van der Waals surface area contributed by atoms with Crippen molar-refractivity contribution < 1.29 is 91.6 Å². The standard InChI is InChI=1S/C3H3F4O.Cs/c4-2(5)3(6,7)1-8;/h2H,1H2;/q-1;+1. The predicted molar refractivity (Wildman–Crippen MR) is 15.8 cm³/mol. The summed E-state index contributed by atoms with van der Waals surface area (Å²) in [6, 6.07) is 0. The van der Waals surface area contributed by atoms with Gasteiger partial charge in [0.15, 0.2) is 0 Å². The van der Waals surface area contributed by atoms with Gasteiger partial charge >= 0.3 is 68.9 Å². The summed E-state index contributed by atoms with van der Waals surface area (Å²) in [6.07, 6.45) is -3.83. The van der Waals surface area contributed by atoms with Crippen LogP contribution in [0.25, 0.3) is 0 Å². The summed E-state index contributed by atoms with van der Waals surface area (Å²) in [7, 11) is 0. The Morgan fingerprint density at radius 3 is 1.67 bits per heavy atom. The van der Waals surface area contributed by atoms with Gasteiger partial charge in [-0.3, -0.25) is 0 Å². The number of alkyl halides is 4. The second-order valence-electron chi connectivity index (χ2n) is 1.21. The second kappa shape index (κ2) is 5.39. The van der Waals surface area contributed by atoms with Crippen LogP contribution in [0.5, 0.6) is 0 Å². The maximum Gasteiger partial charge on any atom is 1.00 e. The Hall–Kier alpha value is 1.73. The van der Waals surface area contributed by atoms with Crippen LogP contribution in [0.4, 0.5) is 17.6 Å². The van der Waals surface area contributed by atoms with Crippen LogP contribution >= 0.6 is 0 Å². The molecule has 0 aliphatic heterocycles. The van der Waals surface area contributed by atoms with Crippen LogP contribution in [-0.4, -0.2) is 19.0 Å². The maximum atomic E-state index is 11.2. The molecule has 0 N–H and O–H groups in total. The summed E-state index contributed by atoms with van der Waals surface area (Å²) in [4.78, 5) is 0. The fourth-order valence-corrected chi connectivity index (χ4v) is 0.0630. The smallest absolute Gasteiger partial charge is 0.850 e. The average molecular weight is 264 g/mol. The van der Waals surface area contributed by atoms with Crippen LogP contribution < -0.4 is 74.0 Å². The molecule has 0 bridgehead atoms. The van der Waals surface area contributed by atoms with Crippen molar-refractivity contribution in [1.82, 2.24) is 0 Å². The van der Waals surface area contributed by atoms with Gasteiger partial charge in [0.25, 0.3) is 12.3 Å². The Morgan fingerprint density at radius 2 is 1.67 bits per heavy atom. The molecule has 0 amide bonds. The van der Waals surface area contributed by atoms with E-state index < -0.39 is 19.0 Å². The van der Waals surface area contributed by atoms with Gasteiger partial charge in [-0.15, -0.1) is 0 Å². The first-order valence-corrected chi connectivity index (χ1v) is 1.75. The molecule has 9 heavy (non-hydrogen) atoms. The fraction of sp³-hybridized carbons (Fsp3) is 1.00. The molecular weight excluding hydrogens is 261 g/mol. The van der Waals surface area contributed by atoms with Crippen LogP contribution in [0.2, 0.25) is 0 Å². The number of halogens is 4. The monoisotopic (exact) mass is 264 g/mol. The van der Waals surface area contributed by atoms with E-state index in [1.54, 1.807) is 0 Å². The van der Waals surface area contributed by atoms with E-state index in [1.807, 2.05) is 0 Å². The molecule has 1 nitrogen and oxygen atoms in total. The van der Waals surface area contributed by atoms with E-state index in [0.717, 1.165) is 0 Å². The van der Waals surface area contributed by atoms with Crippen LogP contribution in [0, 0.1) is 0 Å². The molecule has 0 saturated heterocycles. The first-order valence-electron chi connectivity index (χ1n) is 1.75. The quantitative estimate of drug-likeness (QED) is 0.496. The fourth-order valence-electron chi connectivity index (χ4n) is 0.0630. The van der Waals surface area contributed by atoms with Gasteiger partial charge in [-0.2, -0.15) is 0 Å². The van der Waals surface area contributed by atoms with Gasteiger partial charge in [0.2, 0.25) is 0 Å². The van der Waals surface area contributed by atoms with Gasteiger partial charge < -0.3 is 5.11 Å². The van der Waals surface area contributed by atoms with Crippen molar-refractivity contribution in [3.05, 3.63) is 0 Å². The van der Waals surface area contributed by atoms with E-state index in [9.17, 15) is 17.6 Å². The molecule has 0 saturated carbocycles. The van der Waals surface area contributed by atoms with E-state index in [-0.39, 0.29) is 68.9 Å².